The van der Waals surface area contributed by atoms with Gasteiger partial charge in [-0.25, -0.2) is 4.98 Å². The molecular formula is C23H25N3O3. The molecule has 6 heteroatoms. The second-order valence-corrected chi connectivity index (χ2v) is 7.65. The highest BCUT2D eigenvalue weighted by atomic mass is 16.5. The van der Waals surface area contributed by atoms with Crippen LogP contribution in [0.15, 0.2) is 59.7 Å². The maximum atomic E-state index is 12.7. The predicted molar refractivity (Wildman–Crippen MR) is 113 cm³/mol. The van der Waals surface area contributed by atoms with E-state index < -0.39 is 0 Å². The van der Waals surface area contributed by atoms with E-state index in [4.69, 9.17) is 4.74 Å². The molecule has 4 rings (SSSR count). The Kier molecular flexibility index (Phi) is 5.60. The van der Waals surface area contributed by atoms with Gasteiger partial charge in [0.25, 0.3) is 5.56 Å². The molecule has 0 aliphatic heterocycles. The zero-order valence-corrected chi connectivity index (χ0v) is 16.5. The molecule has 0 atom stereocenters. The van der Waals surface area contributed by atoms with Crippen LogP contribution in [0.1, 0.15) is 25.7 Å². The minimum Gasteiger partial charge on any atom is -0.497 e. The van der Waals surface area contributed by atoms with Crippen LogP contribution in [0.25, 0.3) is 10.9 Å². The van der Waals surface area contributed by atoms with Gasteiger partial charge in [0.2, 0.25) is 5.91 Å². The van der Waals surface area contributed by atoms with Crippen molar-refractivity contribution in [2.75, 3.05) is 12.4 Å². The topological polar surface area (TPSA) is 73.2 Å². The number of hydrogen-bond acceptors (Lipinski definition) is 4. The number of methoxy groups -OCH3 is 1. The number of aromatic nitrogens is 2. The summed E-state index contributed by atoms with van der Waals surface area (Å²) in [4.78, 5) is 29.7. The molecule has 3 aromatic rings. The Bertz CT molecular complexity index is 1050. The first-order valence-electron chi connectivity index (χ1n) is 10.0. The standard InChI is InChI=1S/C23H25N3O3/c1-29-19-12-10-18(11-13-19)25-22(27)17-8-6-16(7-9-17)14-26-15-24-21-5-3-2-4-20(21)23(26)28/h2-5,10-13,15-17H,6-9,14H2,1H3,(H,25,27). The Morgan fingerprint density at radius 3 is 2.55 bits per heavy atom. The number of ether oxygens (including phenoxy) is 1. The first-order chi connectivity index (χ1) is 14.1. The van der Waals surface area contributed by atoms with Gasteiger partial charge in [-0.15, -0.1) is 0 Å². The highest BCUT2D eigenvalue weighted by Gasteiger charge is 2.26. The third-order valence-corrected chi connectivity index (χ3v) is 5.76. The van der Waals surface area contributed by atoms with Crippen LogP contribution in [0.4, 0.5) is 5.69 Å². The van der Waals surface area contributed by atoms with E-state index >= 15 is 0 Å². The molecule has 150 valence electrons. The summed E-state index contributed by atoms with van der Waals surface area (Å²) in [6.07, 6.45) is 5.18. The summed E-state index contributed by atoms with van der Waals surface area (Å²) in [5, 5.41) is 3.65. The van der Waals surface area contributed by atoms with Crippen molar-refractivity contribution >= 4 is 22.5 Å². The van der Waals surface area contributed by atoms with Gasteiger partial charge in [0.1, 0.15) is 5.75 Å². The Balaban J connectivity index is 1.34. The van der Waals surface area contributed by atoms with Crippen molar-refractivity contribution in [3.63, 3.8) is 0 Å². The molecule has 1 aliphatic rings. The zero-order chi connectivity index (χ0) is 20.2. The SMILES string of the molecule is COc1ccc(NC(=O)C2CCC(Cn3cnc4ccccc4c3=O)CC2)cc1. The summed E-state index contributed by atoms with van der Waals surface area (Å²) < 4.78 is 6.85. The minimum atomic E-state index is 0.00923. The molecule has 6 nitrogen and oxygen atoms in total. The monoisotopic (exact) mass is 391 g/mol. The van der Waals surface area contributed by atoms with Crippen molar-refractivity contribution in [3.8, 4) is 5.75 Å². The molecule has 1 amide bonds. The van der Waals surface area contributed by atoms with Gasteiger partial charge in [-0.05, 0) is 68.0 Å². The van der Waals surface area contributed by atoms with Crippen LogP contribution in [0, 0.1) is 11.8 Å². The molecule has 0 saturated heterocycles. The minimum absolute atomic E-state index is 0.00923. The van der Waals surface area contributed by atoms with E-state index in [9.17, 15) is 9.59 Å². The van der Waals surface area contributed by atoms with Gasteiger partial charge >= 0.3 is 0 Å². The number of nitrogens with one attached hydrogen (secondary N) is 1. The molecule has 1 N–H and O–H groups in total. The molecule has 0 radical (unpaired) electrons. The normalized spacial score (nSPS) is 19.1. The molecular weight excluding hydrogens is 366 g/mol. The van der Waals surface area contributed by atoms with Crippen LogP contribution in [0.3, 0.4) is 0 Å². The highest BCUT2D eigenvalue weighted by molar-refractivity contribution is 5.92. The highest BCUT2D eigenvalue weighted by Crippen LogP contribution is 2.30. The van der Waals surface area contributed by atoms with Crippen molar-refractivity contribution in [1.82, 2.24) is 9.55 Å². The number of anilines is 1. The van der Waals surface area contributed by atoms with Gasteiger partial charge in [-0.1, -0.05) is 12.1 Å². The van der Waals surface area contributed by atoms with Crippen molar-refractivity contribution in [1.29, 1.82) is 0 Å². The Hall–Kier alpha value is -3.15. The summed E-state index contributed by atoms with van der Waals surface area (Å²) in [5.41, 5.74) is 1.52. The van der Waals surface area contributed by atoms with Gasteiger partial charge in [0.15, 0.2) is 0 Å². The second kappa shape index (κ2) is 8.47. The van der Waals surface area contributed by atoms with Crippen molar-refractivity contribution in [2.45, 2.75) is 32.2 Å². The fourth-order valence-corrected chi connectivity index (χ4v) is 4.04. The third-order valence-electron chi connectivity index (χ3n) is 5.76. The maximum Gasteiger partial charge on any atom is 0.261 e. The molecule has 1 saturated carbocycles. The smallest absolute Gasteiger partial charge is 0.261 e. The Morgan fingerprint density at radius 1 is 1.10 bits per heavy atom. The molecule has 0 unspecified atom stereocenters. The average Bonchev–Trinajstić information content (AvgIpc) is 2.77. The van der Waals surface area contributed by atoms with E-state index in [-0.39, 0.29) is 17.4 Å². The van der Waals surface area contributed by atoms with Gasteiger partial charge in [0.05, 0.1) is 24.3 Å². The molecule has 29 heavy (non-hydrogen) atoms. The number of hydrogen-bond donors (Lipinski definition) is 1. The fourth-order valence-electron chi connectivity index (χ4n) is 4.04. The van der Waals surface area contributed by atoms with Crippen LogP contribution in [0.5, 0.6) is 5.75 Å². The van der Waals surface area contributed by atoms with Crippen molar-refractivity contribution < 1.29 is 9.53 Å². The van der Waals surface area contributed by atoms with Gasteiger partial charge in [0, 0.05) is 18.2 Å². The molecule has 0 spiro atoms. The van der Waals surface area contributed by atoms with E-state index in [2.05, 4.69) is 10.3 Å². The molecule has 1 fully saturated rings. The largest absolute Gasteiger partial charge is 0.497 e. The van der Waals surface area contributed by atoms with E-state index in [1.54, 1.807) is 18.0 Å². The Morgan fingerprint density at radius 2 is 1.83 bits per heavy atom. The Labute approximate surface area is 169 Å². The number of fused-ring (bicyclic) bond motifs is 1. The number of benzene rings is 2. The van der Waals surface area contributed by atoms with Crippen LogP contribution < -0.4 is 15.6 Å². The van der Waals surface area contributed by atoms with Crippen LogP contribution in [-0.4, -0.2) is 22.6 Å². The van der Waals surface area contributed by atoms with Gasteiger partial charge < -0.3 is 10.1 Å². The maximum absolute atomic E-state index is 12.7. The van der Waals surface area contributed by atoms with Crippen molar-refractivity contribution in [2.24, 2.45) is 11.8 Å². The van der Waals surface area contributed by atoms with E-state index in [0.29, 0.717) is 17.8 Å². The lowest BCUT2D eigenvalue weighted by molar-refractivity contribution is -0.121. The molecule has 2 aromatic carbocycles. The van der Waals surface area contributed by atoms with Gasteiger partial charge in [-0.2, -0.15) is 0 Å². The zero-order valence-electron chi connectivity index (χ0n) is 16.5. The lowest BCUT2D eigenvalue weighted by Crippen LogP contribution is -2.30. The number of nitrogens with zero attached hydrogens (tertiary/aromatic N) is 2. The predicted octanol–water partition coefficient (Wildman–Crippen LogP) is 3.85. The number of carbonyl (C=O) groups is 1. The molecule has 1 aliphatic carbocycles. The van der Waals surface area contributed by atoms with Gasteiger partial charge in [-0.3, -0.25) is 14.2 Å². The number of para-hydroxylation sites is 1. The quantitative estimate of drug-likeness (QED) is 0.717. The number of amides is 1. The van der Waals surface area contributed by atoms with Crippen molar-refractivity contribution in [3.05, 3.63) is 65.2 Å². The average molecular weight is 391 g/mol. The van der Waals surface area contributed by atoms with E-state index in [0.717, 1.165) is 42.6 Å². The number of carbonyl (C=O) groups excluding carboxylic acids is 1. The second-order valence-electron chi connectivity index (χ2n) is 7.65. The molecule has 1 aromatic heterocycles. The lowest BCUT2D eigenvalue weighted by atomic mass is 9.81. The van der Waals surface area contributed by atoms with Crippen LogP contribution in [-0.2, 0) is 11.3 Å². The summed E-state index contributed by atoms with van der Waals surface area (Å²) in [7, 11) is 1.62. The van der Waals surface area contributed by atoms with Crippen LogP contribution >= 0.6 is 0 Å². The van der Waals surface area contributed by atoms with E-state index in [1.807, 2.05) is 48.5 Å². The fraction of sp³-hybridized carbons (Fsp3) is 0.348. The summed E-state index contributed by atoms with van der Waals surface area (Å²) in [6.45, 7) is 0.656. The first kappa shape index (κ1) is 19.2. The first-order valence-corrected chi connectivity index (χ1v) is 10.0. The summed E-state index contributed by atoms with van der Waals surface area (Å²) in [6, 6.07) is 14.8. The molecule has 1 heterocycles. The molecule has 0 bridgehead atoms. The lowest BCUT2D eigenvalue weighted by Gasteiger charge is -2.28. The third kappa shape index (κ3) is 4.31. The summed E-state index contributed by atoms with van der Waals surface area (Å²) >= 11 is 0. The van der Waals surface area contributed by atoms with E-state index in [1.165, 1.54) is 0 Å². The summed E-state index contributed by atoms with van der Waals surface area (Å²) in [5.74, 6) is 1.24. The van der Waals surface area contributed by atoms with Crippen LogP contribution in [0.2, 0.25) is 0 Å². The number of rotatable bonds is 5.